The van der Waals surface area contributed by atoms with Crippen molar-refractivity contribution in [1.29, 1.82) is 0 Å². The number of benzene rings is 1. The van der Waals surface area contributed by atoms with Gasteiger partial charge < -0.3 is 9.32 Å². The maximum atomic E-state index is 12.0. The fourth-order valence-corrected chi connectivity index (χ4v) is 3.08. The van der Waals surface area contributed by atoms with Gasteiger partial charge in [-0.05, 0) is 37.7 Å². The zero-order valence-corrected chi connectivity index (χ0v) is 14.1. The van der Waals surface area contributed by atoms with Crippen LogP contribution < -0.4 is 0 Å². The summed E-state index contributed by atoms with van der Waals surface area (Å²) in [5.74, 6) is 1.47. The average molecular weight is 327 g/mol. The van der Waals surface area contributed by atoms with Crippen LogP contribution in [-0.2, 0) is 24.1 Å². The van der Waals surface area contributed by atoms with E-state index in [1.165, 1.54) is 5.56 Å². The maximum Gasteiger partial charge on any atom is 0.223 e. The predicted molar refractivity (Wildman–Crippen MR) is 91.5 cm³/mol. The molecule has 0 atom stereocenters. The number of carbonyl (C=O) groups excluding carboxylic acids is 1. The van der Waals surface area contributed by atoms with Crippen LogP contribution in [0.15, 0.2) is 34.7 Å². The number of amides is 1. The fraction of sp³-hybridized carbons (Fsp3) is 0.526. The van der Waals surface area contributed by atoms with E-state index < -0.39 is 0 Å². The molecule has 0 N–H and O–H groups in total. The highest BCUT2D eigenvalue weighted by Crippen LogP contribution is 2.12. The summed E-state index contributed by atoms with van der Waals surface area (Å²) in [6.45, 7) is 1.80. The van der Waals surface area contributed by atoms with Crippen LogP contribution in [0.4, 0.5) is 0 Å². The van der Waals surface area contributed by atoms with Gasteiger partial charge >= 0.3 is 0 Å². The number of unbranched alkanes of at least 4 members (excludes halogenated alkanes) is 1. The topological polar surface area (TPSA) is 59.2 Å². The van der Waals surface area contributed by atoms with Crippen molar-refractivity contribution in [2.75, 3.05) is 13.1 Å². The normalized spacial score (nSPS) is 14.2. The SMILES string of the molecule is O=C(CCc1nnc(CCCCc2ccccc2)o1)N1CCCC1. The highest BCUT2D eigenvalue weighted by molar-refractivity contribution is 5.76. The van der Waals surface area contributed by atoms with Gasteiger partial charge in [-0.1, -0.05) is 30.3 Å². The van der Waals surface area contributed by atoms with Gasteiger partial charge in [-0.3, -0.25) is 4.79 Å². The van der Waals surface area contributed by atoms with Crippen LogP contribution in [0.2, 0.25) is 0 Å². The summed E-state index contributed by atoms with van der Waals surface area (Å²) < 4.78 is 5.66. The first-order valence-corrected chi connectivity index (χ1v) is 8.94. The monoisotopic (exact) mass is 327 g/mol. The Morgan fingerprint density at radius 1 is 0.958 bits per heavy atom. The smallest absolute Gasteiger partial charge is 0.223 e. The van der Waals surface area contributed by atoms with Gasteiger partial charge in [0.05, 0.1) is 0 Å². The number of hydrogen-bond acceptors (Lipinski definition) is 4. The molecule has 3 rings (SSSR count). The molecule has 0 unspecified atom stereocenters. The second-order valence-electron chi connectivity index (χ2n) is 6.37. The molecular weight excluding hydrogens is 302 g/mol. The quantitative estimate of drug-likeness (QED) is 0.699. The second-order valence-corrected chi connectivity index (χ2v) is 6.37. The first-order chi connectivity index (χ1) is 11.8. The highest BCUT2D eigenvalue weighted by atomic mass is 16.4. The molecule has 1 amide bonds. The van der Waals surface area contributed by atoms with Crippen LogP contribution in [0.5, 0.6) is 0 Å². The molecular formula is C19H25N3O2. The summed E-state index contributed by atoms with van der Waals surface area (Å²) in [5, 5.41) is 8.16. The van der Waals surface area contributed by atoms with Crippen LogP contribution in [0.25, 0.3) is 0 Å². The van der Waals surface area contributed by atoms with Gasteiger partial charge in [0.1, 0.15) is 0 Å². The average Bonchev–Trinajstić information content (AvgIpc) is 3.29. The van der Waals surface area contributed by atoms with Crippen molar-refractivity contribution >= 4 is 5.91 Å². The Kier molecular flexibility index (Phi) is 5.99. The van der Waals surface area contributed by atoms with Crippen molar-refractivity contribution < 1.29 is 9.21 Å². The number of aryl methyl sites for hydroxylation is 3. The number of aromatic nitrogens is 2. The lowest BCUT2D eigenvalue weighted by Gasteiger charge is -2.13. The fourth-order valence-electron chi connectivity index (χ4n) is 3.08. The van der Waals surface area contributed by atoms with Crippen molar-refractivity contribution in [3.05, 3.63) is 47.7 Å². The largest absolute Gasteiger partial charge is 0.425 e. The van der Waals surface area contributed by atoms with Crippen molar-refractivity contribution in [3.8, 4) is 0 Å². The van der Waals surface area contributed by atoms with Crippen LogP contribution in [0.3, 0.4) is 0 Å². The molecule has 5 heteroatoms. The standard InChI is InChI=1S/C19H25N3O2/c23-19(22-14-6-7-15-22)13-12-18-21-20-17(24-18)11-5-4-10-16-8-2-1-3-9-16/h1-3,8-9H,4-7,10-15H2. The summed E-state index contributed by atoms with van der Waals surface area (Å²) >= 11 is 0. The summed E-state index contributed by atoms with van der Waals surface area (Å²) in [6.07, 6.45) is 7.28. The Morgan fingerprint density at radius 2 is 1.62 bits per heavy atom. The Balaban J connectivity index is 1.35. The molecule has 5 nitrogen and oxygen atoms in total. The lowest BCUT2D eigenvalue weighted by molar-refractivity contribution is -0.130. The first kappa shape index (κ1) is 16.7. The molecule has 0 aliphatic carbocycles. The third-order valence-electron chi connectivity index (χ3n) is 4.47. The molecule has 1 aromatic carbocycles. The number of nitrogens with zero attached hydrogens (tertiary/aromatic N) is 3. The van der Waals surface area contributed by atoms with E-state index in [0.717, 1.165) is 51.6 Å². The number of hydrogen-bond donors (Lipinski definition) is 0. The third-order valence-corrected chi connectivity index (χ3v) is 4.47. The molecule has 1 aliphatic rings. The Bertz CT molecular complexity index is 633. The molecule has 0 spiro atoms. The molecule has 24 heavy (non-hydrogen) atoms. The molecule has 128 valence electrons. The predicted octanol–water partition coefficient (Wildman–Crippen LogP) is 3.19. The lowest BCUT2D eigenvalue weighted by Crippen LogP contribution is -2.27. The zero-order chi connectivity index (χ0) is 16.6. The number of likely N-dealkylation sites (tertiary alicyclic amines) is 1. The van der Waals surface area contributed by atoms with Gasteiger partial charge in [-0.15, -0.1) is 10.2 Å². The molecule has 1 aromatic heterocycles. The highest BCUT2D eigenvalue weighted by Gasteiger charge is 2.18. The van der Waals surface area contributed by atoms with Crippen LogP contribution in [0, 0.1) is 0 Å². The summed E-state index contributed by atoms with van der Waals surface area (Å²) in [4.78, 5) is 13.9. The van der Waals surface area contributed by atoms with Gasteiger partial charge in [0, 0.05) is 32.4 Å². The third kappa shape index (κ3) is 4.91. The van der Waals surface area contributed by atoms with Gasteiger partial charge in [-0.2, -0.15) is 0 Å². The van der Waals surface area contributed by atoms with E-state index >= 15 is 0 Å². The van der Waals surface area contributed by atoms with Crippen molar-refractivity contribution in [2.24, 2.45) is 0 Å². The Morgan fingerprint density at radius 3 is 2.38 bits per heavy atom. The number of rotatable bonds is 8. The molecule has 1 saturated heterocycles. The minimum absolute atomic E-state index is 0.204. The van der Waals surface area contributed by atoms with E-state index in [1.54, 1.807) is 0 Å². The molecule has 1 aliphatic heterocycles. The van der Waals surface area contributed by atoms with Crippen molar-refractivity contribution in [3.63, 3.8) is 0 Å². The van der Waals surface area contributed by atoms with E-state index in [2.05, 4.69) is 34.5 Å². The van der Waals surface area contributed by atoms with Gasteiger partial charge in [0.2, 0.25) is 17.7 Å². The van der Waals surface area contributed by atoms with Crippen LogP contribution in [0.1, 0.15) is 49.4 Å². The maximum absolute atomic E-state index is 12.0. The molecule has 0 saturated carbocycles. The number of carbonyl (C=O) groups is 1. The van der Waals surface area contributed by atoms with E-state index in [9.17, 15) is 4.79 Å². The first-order valence-electron chi connectivity index (χ1n) is 8.94. The Labute approximate surface area is 143 Å². The molecule has 2 aromatic rings. The van der Waals surface area contributed by atoms with Gasteiger partial charge in [0.25, 0.3) is 0 Å². The summed E-state index contributed by atoms with van der Waals surface area (Å²) in [6, 6.07) is 10.5. The van der Waals surface area contributed by atoms with Crippen LogP contribution in [-0.4, -0.2) is 34.1 Å². The molecule has 2 heterocycles. The summed E-state index contributed by atoms with van der Waals surface area (Å²) in [5.41, 5.74) is 1.36. The van der Waals surface area contributed by atoms with E-state index in [0.29, 0.717) is 24.6 Å². The van der Waals surface area contributed by atoms with Crippen molar-refractivity contribution in [2.45, 2.75) is 51.4 Å². The zero-order valence-electron chi connectivity index (χ0n) is 14.1. The Hall–Kier alpha value is -2.17. The van der Waals surface area contributed by atoms with E-state index in [-0.39, 0.29) is 5.91 Å². The molecule has 0 bridgehead atoms. The van der Waals surface area contributed by atoms with E-state index in [1.807, 2.05) is 11.0 Å². The molecule has 0 radical (unpaired) electrons. The van der Waals surface area contributed by atoms with Crippen LogP contribution >= 0.6 is 0 Å². The van der Waals surface area contributed by atoms with Gasteiger partial charge in [-0.25, -0.2) is 0 Å². The summed E-state index contributed by atoms with van der Waals surface area (Å²) in [7, 11) is 0. The van der Waals surface area contributed by atoms with Crippen molar-refractivity contribution in [1.82, 2.24) is 15.1 Å². The minimum atomic E-state index is 0.204. The second kappa shape index (κ2) is 8.62. The lowest BCUT2D eigenvalue weighted by atomic mass is 10.1. The van der Waals surface area contributed by atoms with Gasteiger partial charge in [0.15, 0.2) is 0 Å². The minimum Gasteiger partial charge on any atom is -0.425 e. The van der Waals surface area contributed by atoms with E-state index in [4.69, 9.17) is 4.42 Å². The molecule has 1 fully saturated rings.